The van der Waals surface area contributed by atoms with Crippen molar-refractivity contribution in [1.82, 2.24) is 0 Å². The number of hydrogen-bond donors (Lipinski definition) is 1. The molecule has 0 unspecified atom stereocenters. The second-order valence-corrected chi connectivity index (χ2v) is 6.80. The number of esters is 2. The Morgan fingerprint density at radius 3 is 2.76 bits per heavy atom. The van der Waals surface area contributed by atoms with E-state index in [4.69, 9.17) is 9.47 Å². The molecule has 2 rings (SSSR count). The van der Waals surface area contributed by atoms with Gasteiger partial charge in [0.25, 0.3) is 0 Å². The number of aliphatic hydroxyl groups is 1. The number of ether oxygens (including phenoxy) is 2. The van der Waals surface area contributed by atoms with Crippen molar-refractivity contribution in [3.8, 4) is 0 Å². The van der Waals surface area contributed by atoms with Crippen LogP contribution in [0.25, 0.3) is 0 Å². The molecule has 0 amide bonds. The highest BCUT2D eigenvalue weighted by Crippen LogP contribution is 2.35. The van der Waals surface area contributed by atoms with Crippen molar-refractivity contribution in [3.05, 3.63) is 35.5 Å². The normalized spacial score (nSPS) is 34.3. The molecule has 1 aliphatic heterocycles. The first kappa shape index (κ1) is 19.1. The molecule has 6 heteroatoms. The van der Waals surface area contributed by atoms with Crippen LogP contribution in [0.1, 0.15) is 33.6 Å². The van der Waals surface area contributed by atoms with Gasteiger partial charge in [-0.3, -0.25) is 9.59 Å². The van der Waals surface area contributed by atoms with Crippen molar-refractivity contribution in [2.45, 2.75) is 51.9 Å². The number of carbonyl (C=O) groups is 3. The van der Waals surface area contributed by atoms with Crippen LogP contribution in [0.4, 0.5) is 0 Å². The third-order valence-electron chi connectivity index (χ3n) is 4.49. The lowest BCUT2D eigenvalue weighted by Gasteiger charge is -2.30. The van der Waals surface area contributed by atoms with Crippen LogP contribution in [0.15, 0.2) is 35.5 Å². The van der Waals surface area contributed by atoms with Gasteiger partial charge in [0, 0.05) is 11.1 Å². The van der Waals surface area contributed by atoms with Crippen molar-refractivity contribution in [2.24, 2.45) is 11.8 Å². The minimum Gasteiger partial charge on any atom is -0.454 e. The summed E-state index contributed by atoms with van der Waals surface area (Å²) < 4.78 is 10.7. The van der Waals surface area contributed by atoms with Gasteiger partial charge in [-0.25, -0.2) is 4.79 Å². The molecule has 0 aromatic heterocycles. The number of aliphatic hydroxyl groups excluding tert-OH is 1. The van der Waals surface area contributed by atoms with Crippen molar-refractivity contribution < 1.29 is 29.0 Å². The van der Waals surface area contributed by atoms with Crippen molar-refractivity contribution in [2.75, 3.05) is 0 Å². The predicted octanol–water partition coefficient (Wildman–Crippen LogP) is 1.88. The van der Waals surface area contributed by atoms with Crippen molar-refractivity contribution in [1.29, 1.82) is 0 Å². The molecule has 0 aromatic rings. The summed E-state index contributed by atoms with van der Waals surface area (Å²) in [5.41, 5.74) is 1.27. The van der Waals surface area contributed by atoms with Gasteiger partial charge in [-0.05, 0) is 25.8 Å². The summed E-state index contributed by atoms with van der Waals surface area (Å²) in [4.78, 5) is 35.5. The predicted molar refractivity (Wildman–Crippen MR) is 90.4 cm³/mol. The molecule has 4 atom stereocenters. The highest BCUT2D eigenvalue weighted by atomic mass is 16.6. The van der Waals surface area contributed by atoms with Gasteiger partial charge in [0.15, 0.2) is 6.10 Å². The first-order chi connectivity index (χ1) is 11.8. The van der Waals surface area contributed by atoms with E-state index in [-0.39, 0.29) is 11.1 Å². The summed E-state index contributed by atoms with van der Waals surface area (Å²) >= 11 is 0. The first-order valence-corrected chi connectivity index (χ1v) is 8.37. The zero-order valence-electron chi connectivity index (χ0n) is 14.7. The van der Waals surface area contributed by atoms with E-state index in [1.54, 1.807) is 26.0 Å². The summed E-state index contributed by atoms with van der Waals surface area (Å²) in [5.74, 6) is -2.33. The molecule has 1 saturated heterocycles. The van der Waals surface area contributed by atoms with Gasteiger partial charge in [0.1, 0.15) is 18.5 Å². The Bertz CT molecular complexity index is 642. The molecule has 1 N–H and O–H groups in total. The smallest absolute Gasteiger partial charge is 0.334 e. The fourth-order valence-corrected chi connectivity index (χ4v) is 2.99. The number of hydrogen-bond acceptors (Lipinski definition) is 6. The van der Waals surface area contributed by atoms with Crippen LogP contribution in [-0.2, 0) is 23.9 Å². The maximum Gasteiger partial charge on any atom is 0.334 e. The van der Waals surface area contributed by atoms with Crippen LogP contribution in [-0.4, -0.2) is 41.6 Å². The number of fused-ring (bicyclic) bond motifs is 1. The molecule has 136 valence electrons. The van der Waals surface area contributed by atoms with Gasteiger partial charge >= 0.3 is 11.9 Å². The van der Waals surface area contributed by atoms with E-state index < -0.39 is 42.1 Å². The van der Waals surface area contributed by atoms with Crippen LogP contribution in [0.2, 0.25) is 0 Å². The van der Waals surface area contributed by atoms with Gasteiger partial charge in [-0.1, -0.05) is 32.1 Å². The number of aldehydes is 1. The Kier molecular flexibility index (Phi) is 5.95. The maximum absolute atomic E-state index is 12.1. The van der Waals surface area contributed by atoms with E-state index in [2.05, 4.69) is 6.58 Å². The lowest BCUT2D eigenvalue weighted by Crippen LogP contribution is -2.42. The molecule has 0 spiro atoms. The van der Waals surface area contributed by atoms with Crippen LogP contribution >= 0.6 is 0 Å². The van der Waals surface area contributed by atoms with Crippen molar-refractivity contribution >= 4 is 18.2 Å². The van der Waals surface area contributed by atoms with Crippen LogP contribution in [0.5, 0.6) is 0 Å². The van der Waals surface area contributed by atoms with E-state index in [9.17, 15) is 19.5 Å². The van der Waals surface area contributed by atoms with Gasteiger partial charge < -0.3 is 14.6 Å². The average molecular weight is 348 g/mol. The quantitative estimate of drug-likeness (QED) is 0.362. The summed E-state index contributed by atoms with van der Waals surface area (Å²) in [6, 6.07) is 0. The van der Waals surface area contributed by atoms with Crippen LogP contribution in [0.3, 0.4) is 0 Å². The molecule has 0 radical (unpaired) electrons. The van der Waals surface area contributed by atoms with E-state index in [0.717, 1.165) is 5.57 Å². The molecule has 0 aromatic carbocycles. The Morgan fingerprint density at radius 1 is 1.48 bits per heavy atom. The second-order valence-electron chi connectivity index (χ2n) is 6.80. The zero-order valence-corrected chi connectivity index (χ0v) is 14.7. The molecule has 6 nitrogen and oxygen atoms in total. The van der Waals surface area contributed by atoms with Gasteiger partial charge in [0.2, 0.25) is 0 Å². The molecule has 0 bridgehead atoms. The SMILES string of the molecule is C=C1C(=O)O[C@@H]2/C=C(/C)CC/C=C(\C=O)[C@@H](OC(=O)C(C)C)[C@@H](O)[C@@H]12. The Hall–Kier alpha value is -2.21. The number of carbonyl (C=O) groups excluding carboxylic acids is 3. The summed E-state index contributed by atoms with van der Waals surface area (Å²) in [6.45, 7) is 8.93. The molecule has 0 saturated carbocycles. The van der Waals surface area contributed by atoms with Gasteiger partial charge in [-0.15, -0.1) is 0 Å². The van der Waals surface area contributed by atoms with E-state index in [0.29, 0.717) is 19.1 Å². The standard InChI is InChI=1S/C19H24O6/c1-10(2)18(22)25-17-13(9-20)7-5-6-11(3)8-14-15(16(17)21)12(4)19(23)24-14/h7-10,14-17,21H,4-6H2,1-3H3/b11-8-,13-7+/t14-,15+,16+,17-/m1/s1. The zero-order chi connectivity index (χ0) is 18.7. The molecule has 25 heavy (non-hydrogen) atoms. The Labute approximate surface area is 147 Å². The lowest BCUT2D eigenvalue weighted by atomic mass is 9.84. The lowest BCUT2D eigenvalue weighted by molar-refractivity contribution is -0.158. The molecule has 1 fully saturated rings. The maximum atomic E-state index is 12.1. The van der Waals surface area contributed by atoms with Gasteiger partial charge in [-0.2, -0.15) is 0 Å². The molecule has 1 aliphatic carbocycles. The Morgan fingerprint density at radius 2 is 2.16 bits per heavy atom. The van der Waals surface area contributed by atoms with Crippen LogP contribution in [0, 0.1) is 11.8 Å². The van der Waals surface area contributed by atoms with Crippen molar-refractivity contribution in [3.63, 3.8) is 0 Å². The van der Waals surface area contributed by atoms with Crippen LogP contribution < -0.4 is 0 Å². The summed E-state index contributed by atoms with van der Waals surface area (Å²) in [5, 5.41) is 10.9. The first-order valence-electron chi connectivity index (χ1n) is 8.37. The largest absolute Gasteiger partial charge is 0.454 e. The van der Waals surface area contributed by atoms with E-state index in [1.807, 2.05) is 6.92 Å². The van der Waals surface area contributed by atoms with E-state index in [1.165, 1.54) is 0 Å². The third kappa shape index (κ3) is 4.07. The summed E-state index contributed by atoms with van der Waals surface area (Å²) in [6.07, 6.45) is 2.05. The molecule has 1 heterocycles. The minimum absolute atomic E-state index is 0.109. The minimum atomic E-state index is -1.31. The number of rotatable bonds is 3. The molecular weight excluding hydrogens is 324 g/mol. The molecular formula is C19H24O6. The number of allylic oxidation sites excluding steroid dienone is 2. The fraction of sp³-hybridized carbons (Fsp3) is 0.526. The highest BCUT2D eigenvalue weighted by Gasteiger charge is 2.46. The topological polar surface area (TPSA) is 89.9 Å². The highest BCUT2D eigenvalue weighted by molar-refractivity contribution is 5.91. The van der Waals surface area contributed by atoms with Gasteiger partial charge in [0.05, 0.1) is 11.8 Å². The second kappa shape index (κ2) is 7.78. The summed E-state index contributed by atoms with van der Waals surface area (Å²) in [7, 11) is 0. The third-order valence-corrected chi connectivity index (χ3v) is 4.49. The monoisotopic (exact) mass is 348 g/mol. The Balaban J connectivity index is 2.46. The molecule has 2 aliphatic rings. The average Bonchev–Trinajstić information content (AvgIpc) is 2.82. The van der Waals surface area contributed by atoms with E-state index >= 15 is 0 Å². The fourth-order valence-electron chi connectivity index (χ4n) is 2.99.